The molecular weight excluding hydrogens is 348 g/mol. The first-order chi connectivity index (χ1) is 13.7. The summed E-state index contributed by atoms with van der Waals surface area (Å²) in [7, 11) is 0. The number of hydrogen-bond donors (Lipinski definition) is 1. The van der Waals surface area contributed by atoms with Gasteiger partial charge in [-0.05, 0) is 85.0 Å². The summed E-state index contributed by atoms with van der Waals surface area (Å²) in [5.41, 5.74) is 6.25. The second-order valence-electron chi connectivity index (χ2n) is 7.14. The highest BCUT2D eigenvalue weighted by atomic mass is 16.5. The van der Waals surface area contributed by atoms with Gasteiger partial charge < -0.3 is 9.72 Å². The predicted molar refractivity (Wildman–Crippen MR) is 112 cm³/mol. The van der Waals surface area contributed by atoms with Gasteiger partial charge in [0.15, 0.2) is 0 Å². The normalized spacial score (nSPS) is 11.5. The molecule has 1 N–H and O–H groups in total. The molecule has 0 aliphatic carbocycles. The molecule has 0 fully saturated rings. The number of rotatable bonds is 4. The maximum absolute atomic E-state index is 5.73. The van der Waals surface area contributed by atoms with Crippen LogP contribution in [0.3, 0.4) is 0 Å². The van der Waals surface area contributed by atoms with E-state index in [0.29, 0.717) is 0 Å². The number of ether oxygens (including phenoxy) is 1. The molecule has 28 heavy (non-hydrogen) atoms. The van der Waals surface area contributed by atoms with Gasteiger partial charge in [-0.1, -0.05) is 17.3 Å². The van der Waals surface area contributed by atoms with Crippen molar-refractivity contribution in [2.24, 2.45) is 0 Å². The Morgan fingerprint density at radius 2 is 1.68 bits per heavy atom. The first-order valence-electron chi connectivity index (χ1n) is 9.37. The number of aromatic nitrogens is 4. The number of H-pyrrole nitrogens is 1. The predicted octanol–water partition coefficient (Wildman–Crippen LogP) is 5.36. The van der Waals surface area contributed by atoms with Gasteiger partial charge in [0.2, 0.25) is 0 Å². The van der Waals surface area contributed by atoms with Crippen molar-refractivity contribution in [1.82, 2.24) is 20.0 Å². The third-order valence-electron chi connectivity index (χ3n) is 4.79. The van der Waals surface area contributed by atoms with E-state index >= 15 is 0 Å². The highest BCUT2D eigenvalue weighted by Gasteiger charge is 2.10. The first kappa shape index (κ1) is 16.6. The molecule has 0 unspecified atom stereocenters. The molecule has 3 aromatic carbocycles. The molecule has 0 aliphatic heterocycles. The molecule has 5 aromatic rings. The maximum atomic E-state index is 5.73. The third-order valence-corrected chi connectivity index (χ3v) is 4.79. The van der Waals surface area contributed by atoms with Crippen LogP contribution in [0.4, 0.5) is 0 Å². The Morgan fingerprint density at radius 3 is 2.50 bits per heavy atom. The fourth-order valence-electron chi connectivity index (χ4n) is 3.46. The minimum absolute atomic E-state index is 0.151. The van der Waals surface area contributed by atoms with Crippen LogP contribution in [-0.4, -0.2) is 26.1 Å². The molecule has 5 nitrogen and oxygen atoms in total. The quantitative estimate of drug-likeness (QED) is 0.465. The number of benzene rings is 3. The summed E-state index contributed by atoms with van der Waals surface area (Å²) >= 11 is 0. The van der Waals surface area contributed by atoms with Crippen LogP contribution in [0.1, 0.15) is 13.8 Å². The SMILES string of the molecule is CC(C)Oc1ccc(-n2nnc3ccc(-c4ccc5[nH]ccc5c4)cc32)cc1. The van der Waals surface area contributed by atoms with E-state index in [4.69, 9.17) is 4.74 Å². The topological polar surface area (TPSA) is 55.7 Å². The van der Waals surface area contributed by atoms with Gasteiger partial charge in [-0.3, -0.25) is 0 Å². The lowest BCUT2D eigenvalue weighted by Crippen LogP contribution is -2.05. The van der Waals surface area contributed by atoms with Crippen molar-refractivity contribution in [3.8, 4) is 22.6 Å². The van der Waals surface area contributed by atoms with E-state index in [-0.39, 0.29) is 6.10 Å². The largest absolute Gasteiger partial charge is 0.491 e. The van der Waals surface area contributed by atoms with Crippen molar-refractivity contribution in [2.45, 2.75) is 20.0 Å². The molecule has 0 radical (unpaired) electrons. The second kappa shape index (κ2) is 6.53. The summed E-state index contributed by atoms with van der Waals surface area (Å²) in [5.74, 6) is 0.851. The Kier molecular flexibility index (Phi) is 3.86. The van der Waals surface area contributed by atoms with E-state index in [1.807, 2.05) is 55.1 Å². The zero-order valence-corrected chi connectivity index (χ0v) is 15.8. The summed E-state index contributed by atoms with van der Waals surface area (Å²) in [6.45, 7) is 4.04. The van der Waals surface area contributed by atoms with Gasteiger partial charge in [-0.15, -0.1) is 5.10 Å². The molecule has 5 heteroatoms. The number of fused-ring (bicyclic) bond motifs is 2. The molecule has 5 rings (SSSR count). The monoisotopic (exact) mass is 368 g/mol. The van der Waals surface area contributed by atoms with Gasteiger partial charge in [0.1, 0.15) is 11.3 Å². The fourth-order valence-corrected chi connectivity index (χ4v) is 3.46. The molecule has 2 heterocycles. The third kappa shape index (κ3) is 2.91. The van der Waals surface area contributed by atoms with Gasteiger partial charge in [-0.25, -0.2) is 4.68 Å². The molecule has 0 amide bonds. The van der Waals surface area contributed by atoms with E-state index in [1.165, 1.54) is 10.9 Å². The molecule has 0 spiro atoms. The Bertz CT molecular complexity index is 1270. The van der Waals surface area contributed by atoms with Crippen LogP contribution in [0.5, 0.6) is 5.75 Å². The van der Waals surface area contributed by atoms with Crippen molar-refractivity contribution < 1.29 is 4.74 Å². The van der Waals surface area contributed by atoms with Crippen molar-refractivity contribution >= 4 is 21.9 Å². The van der Waals surface area contributed by atoms with Crippen LogP contribution in [0, 0.1) is 0 Å². The van der Waals surface area contributed by atoms with Crippen molar-refractivity contribution in [3.63, 3.8) is 0 Å². The molecule has 138 valence electrons. The molecular formula is C23H20N4O. The lowest BCUT2D eigenvalue weighted by Gasteiger charge is -2.10. The van der Waals surface area contributed by atoms with Crippen molar-refractivity contribution in [3.05, 3.63) is 72.9 Å². The zero-order chi connectivity index (χ0) is 19.1. The van der Waals surface area contributed by atoms with Gasteiger partial charge in [0.05, 0.1) is 17.3 Å². The molecule has 0 aliphatic rings. The average molecular weight is 368 g/mol. The molecule has 2 aromatic heterocycles. The second-order valence-corrected chi connectivity index (χ2v) is 7.14. The van der Waals surface area contributed by atoms with Gasteiger partial charge in [-0.2, -0.15) is 0 Å². The summed E-state index contributed by atoms with van der Waals surface area (Å²) in [4.78, 5) is 3.24. The lowest BCUT2D eigenvalue weighted by atomic mass is 10.0. The van der Waals surface area contributed by atoms with E-state index in [0.717, 1.165) is 33.6 Å². The Labute approximate surface area is 162 Å². The Morgan fingerprint density at radius 1 is 0.893 bits per heavy atom. The van der Waals surface area contributed by atoms with Crippen LogP contribution < -0.4 is 4.74 Å². The van der Waals surface area contributed by atoms with Gasteiger partial charge >= 0.3 is 0 Å². The number of aromatic amines is 1. The van der Waals surface area contributed by atoms with Crippen LogP contribution in [0.15, 0.2) is 72.9 Å². The maximum Gasteiger partial charge on any atom is 0.119 e. The summed E-state index contributed by atoms with van der Waals surface area (Å²) in [6, 6.07) is 22.7. The molecule has 0 saturated carbocycles. The Balaban J connectivity index is 1.56. The highest BCUT2D eigenvalue weighted by Crippen LogP contribution is 2.28. The van der Waals surface area contributed by atoms with Crippen LogP contribution in [0.2, 0.25) is 0 Å². The van der Waals surface area contributed by atoms with E-state index < -0.39 is 0 Å². The molecule has 0 bridgehead atoms. The first-order valence-corrected chi connectivity index (χ1v) is 9.37. The van der Waals surface area contributed by atoms with Crippen molar-refractivity contribution in [1.29, 1.82) is 0 Å². The molecule has 0 saturated heterocycles. The average Bonchev–Trinajstić information content (AvgIpc) is 3.34. The summed E-state index contributed by atoms with van der Waals surface area (Å²) in [5, 5.41) is 9.87. The summed E-state index contributed by atoms with van der Waals surface area (Å²) < 4.78 is 7.60. The number of nitrogens with zero attached hydrogens (tertiary/aromatic N) is 3. The van der Waals surface area contributed by atoms with Crippen LogP contribution >= 0.6 is 0 Å². The lowest BCUT2D eigenvalue weighted by molar-refractivity contribution is 0.242. The summed E-state index contributed by atoms with van der Waals surface area (Å²) in [6.07, 6.45) is 2.11. The number of hydrogen-bond acceptors (Lipinski definition) is 3. The smallest absolute Gasteiger partial charge is 0.119 e. The van der Waals surface area contributed by atoms with Crippen molar-refractivity contribution in [2.75, 3.05) is 0 Å². The van der Waals surface area contributed by atoms with Gasteiger partial charge in [0, 0.05) is 11.7 Å². The fraction of sp³-hybridized carbons (Fsp3) is 0.130. The minimum atomic E-state index is 0.151. The van der Waals surface area contributed by atoms with Crippen LogP contribution in [-0.2, 0) is 0 Å². The Hall–Kier alpha value is -3.60. The molecule has 0 atom stereocenters. The van der Waals surface area contributed by atoms with E-state index in [9.17, 15) is 0 Å². The van der Waals surface area contributed by atoms with E-state index in [2.05, 4.69) is 51.7 Å². The van der Waals surface area contributed by atoms with Gasteiger partial charge in [0.25, 0.3) is 0 Å². The van der Waals surface area contributed by atoms with Crippen LogP contribution in [0.25, 0.3) is 38.8 Å². The zero-order valence-electron chi connectivity index (χ0n) is 15.8. The standard InChI is InChI=1S/C23H20N4O/c1-15(2)28-20-7-5-19(6-8-20)27-23-14-17(4-10-22(23)25-26-27)16-3-9-21-18(13-16)11-12-24-21/h3-15,24H,1-2H3. The highest BCUT2D eigenvalue weighted by molar-refractivity contribution is 5.88. The minimum Gasteiger partial charge on any atom is -0.491 e. The van der Waals surface area contributed by atoms with E-state index in [1.54, 1.807) is 0 Å². The number of nitrogens with one attached hydrogen (secondary N) is 1.